The lowest BCUT2D eigenvalue weighted by Crippen LogP contribution is -2.09. The van der Waals surface area contributed by atoms with E-state index in [1.165, 1.54) is 6.08 Å². The molecule has 2 aromatic carbocycles. The smallest absolute Gasteiger partial charge is 0.248 e. The van der Waals surface area contributed by atoms with Gasteiger partial charge in [-0.05, 0) is 42.0 Å². The summed E-state index contributed by atoms with van der Waals surface area (Å²) in [7, 11) is 0. The van der Waals surface area contributed by atoms with Crippen LogP contribution < -0.4 is 10.1 Å². The van der Waals surface area contributed by atoms with E-state index in [2.05, 4.69) is 5.32 Å². The highest BCUT2D eigenvalue weighted by atomic mass is 35.5. The van der Waals surface area contributed by atoms with Gasteiger partial charge in [0.2, 0.25) is 5.91 Å². The van der Waals surface area contributed by atoms with E-state index in [9.17, 15) is 4.79 Å². The fraction of sp³-hybridized carbons (Fsp3) is 0.0556. The fourth-order valence-electron chi connectivity index (χ4n) is 2.13. The van der Waals surface area contributed by atoms with E-state index in [0.29, 0.717) is 17.3 Å². The third-order valence-electron chi connectivity index (χ3n) is 3.21. The van der Waals surface area contributed by atoms with Gasteiger partial charge in [-0.15, -0.1) is 0 Å². The molecule has 1 amide bonds. The standard InChI is InChI=1S/C18H14ClNO2/c19-15-6-8-16(9-7-15)20-18(21)10-5-13-11-14-3-1-2-4-17(14)22-12-13/h1-11H,12H2,(H,20,21). The summed E-state index contributed by atoms with van der Waals surface area (Å²) in [5, 5.41) is 3.41. The molecule has 0 aromatic heterocycles. The van der Waals surface area contributed by atoms with Gasteiger partial charge in [-0.25, -0.2) is 0 Å². The number of carbonyl (C=O) groups excluding carboxylic acids is 1. The van der Waals surface area contributed by atoms with Crippen LogP contribution in [-0.2, 0) is 4.79 Å². The molecule has 0 aliphatic carbocycles. The van der Waals surface area contributed by atoms with Gasteiger partial charge in [-0.1, -0.05) is 35.9 Å². The summed E-state index contributed by atoms with van der Waals surface area (Å²) in [5.74, 6) is 0.673. The summed E-state index contributed by atoms with van der Waals surface area (Å²) in [6.45, 7) is 0.460. The van der Waals surface area contributed by atoms with E-state index in [1.807, 2.05) is 30.3 Å². The number of halogens is 1. The minimum Gasteiger partial charge on any atom is -0.488 e. The van der Waals surface area contributed by atoms with E-state index < -0.39 is 0 Å². The highest BCUT2D eigenvalue weighted by Gasteiger charge is 2.08. The van der Waals surface area contributed by atoms with Crippen molar-refractivity contribution in [2.24, 2.45) is 0 Å². The van der Waals surface area contributed by atoms with Crippen molar-refractivity contribution in [2.45, 2.75) is 0 Å². The maximum Gasteiger partial charge on any atom is 0.248 e. The quantitative estimate of drug-likeness (QED) is 0.858. The lowest BCUT2D eigenvalue weighted by atomic mass is 10.1. The highest BCUT2D eigenvalue weighted by molar-refractivity contribution is 6.30. The molecule has 22 heavy (non-hydrogen) atoms. The van der Waals surface area contributed by atoms with Gasteiger partial charge < -0.3 is 10.1 Å². The van der Waals surface area contributed by atoms with Crippen LogP contribution in [0.3, 0.4) is 0 Å². The topological polar surface area (TPSA) is 38.3 Å². The van der Waals surface area contributed by atoms with Crippen molar-refractivity contribution in [3.63, 3.8) is 0 Å². The number of ether oxygens (including phenoxy) is 1. The van der Waals surface area contributed by atoms with Gasteiger partial charge >= 0.3 is 0 Å². The average Bonchev–Trinajstić information content (AvgIpc) is 2.55. The average molecular weight is 312 g/mol. The van der Waals surface area contributed by atoms with E-state index in [-0.39, 0.29) is 5.91 Å². The van der Waals surface area contributed by atoms with E-state index >= 15 is 0 Å². The largest absolute Gasteiger partial charge is 0.488 e. The molecule has 0 unspecified atom stereocenters. The van der Waals surface area contributed by atoms with Crippen molar-refractivity contribution in [1.29, 1.82) is 0 Å². The van der Waals surface area contributed by atoms with Crippen LogP contribution in [0, 0.1) is 0 Å². The van der Waals surface area contributed by atoms with Crippen LogP contribution in [0.1, 0.15) is 5.56 Å². The van der Waals surface area contributed by atoms with Crippen molar-refractivity contribution < 1.29 is 9.53 Å². The molecule has 3 nitrogen and oxygen atoms in total. The Morgan fingerprint density at radius 1 is 1.14 bits per heavy atom. The summed E-state index contributed by atoms with van der Waals surface area (Å²) in [6, 6.07) is 14.8. The second-order valence-corrected chi connectivity index (χ2v) is 5.31. The van der Waals surface area contributed by atoms with Gasteiger partial charge in [0.25, 0.3) is 0 Å². The summed E-state index contributed by atoms with van der Waals surface area (Å²) in [6.07, 6.45) is 5.28. The Balaban J connectivity index is 1.66. The second kappa shape index (κ2) is 6.50. The van der Waals surface area contributed by atoms with Crippen molar-refractivity contribution in [3.05, 3.63) is 76.8 Å². The summed E-state index contributed by atoms with van der Waals surface area (Å²) in [5.41, 5.74) is 2.68. The van der Waals surface area contributed by atoms with Crippen LogP contribution in [0.15, 0.2) is 66.3 Å². The minimum atomic E-state index is -0.193. The first kappa shape index (κ1) is 14.4. The van der Waals surface area contributed by atoms with Gasteiger partial charge in [0.15, 0.2) is 0 Å². The van der Waals surface area contributed by atoms with Crippen molar-refractivity contribution >= 4 is 29.3 Å². The van der Waals surface area contributed by atoms with Crippen LogP contribution in [0.5, 0.6) is 5.75 Å². The first-order valence-electron chi connectivity index (χ1n) is 6.88. The van der Waals surface area contributed by atoms with E-state index in [1.54, 1.807) is 30.3 Å². The summed E-state index contributed by atoms with van der Waals surface area (Å²) < 4.78 is 5.63. The predicted molar refractivity (Wildman–Crippen MR) is 89.1 cm³/mol. The number of hydrogen-bond acceptors (Lipinski definition) is 2. The molecule has 1 aliphatic rings. The number of anilines is 1. The molecule has 4 heteroatoms. The SMILES string of the molecule is O=C(C=CC1=Cc2ccccc2OC1)Nc1ccc(Cl)cc1. The molecule has 1 aliphatic heterocycles. The van der Waals surface area contributed by atoms with Crippen LogP contribution in [-0.4, -0.2) is 12.5 Å². The van der Waals surface area contributed by atoms with Gasteiger partial charge in [-0.2, -0.15) is 0 Å². The molecule has 3 rings (SSSR count). The van der Waals surface area contributed by atoms with Crippen LogP contribution in [0.4, 0.5) is 5.69 Å². The van der Waals surface area contributed by atoms with Crippen LogP contribution in [0.2, 0.25) is 5.02 Å². The molecule has 2 aromatic rings. The van der Waals surface area contributed by atoms with Gasteiger partial charge in [0.1, 0.15) is 12.4 Å². The molecule has 1 N–H and O–H groups in total. The Morgan fingerprint density at radius 3 is 2.73 bits per heavy atom. The zero-order valence-corrected chi connectivity index (χ0v) is 12.5. The monoisotopic (exact) mass is 311 g/mol. The second-order valence-electron chi connectivity index (χ2n) is 4.88. The molecule has 0 saturated carbocycles. The van der Waals surface area contributed by atoms with E-state index in [4.69, 9.17) is 16.3 Å². The lowest BCUT2D eigenvalue weighted by Gasteiger charge is -2.15. The Labute approximate surface area is 133 Å². The summed E-state index contributed by atoms with van der Waals surface area (Å²) in [4.78, 5) is 11.9. The highest BCUT2D eigenvalue weighted by Crippen LogP contribution is 2.26. The number of fused-ring (bicyclic) bond motifs is 1. The number of amides is 1. The van der Waals surface area contributed by atoms with Gasteiger partial charge in [0.05, 0.1) is 0 Å². The number of nitrogens with one attached hydrogen (secondary N) is 1. The molecule has 0 bridgehead atoms. The van der Waals surface area contributed by atoms with Crippen molar-refractivity contribution in [2.75, 3.05) is 11.9 Å². The molecule has 0 radical (unpaired) electrons. The number of benzene rings is 2. The fourth-order valence-corrected chi connectivity index (χ4v) is 2.26. The minimum absolute atomic E-state index is 0.193. The molecule has 0 spiro atoms. The number of rotatable bonds is 3. The first-order valence-corrected chi connectivity index (χ1v) is 7.25. The third-order valence-corrected chi connectivity index (χ3v) is 3.47. The Morgan fingerprint density at radius 2 is 1.91 bits per heavy atom. The number of para-hydroxylation sites is 1. The normalized spacial score (nSPS) is 13.2. The van der Waals surface area contributed by atoms with Gasteiger partial charge in [-0.3, -0.25) is 4.79 Å². The zero-order valence-electron chi connectivity index (χ0n) is 11.8. The first-order chi connectivity index (χ1) is 10.7. The Kier molecular flexibility index (Phi) is 4.26. The van der Waals surface area contributed by atoms with Crippen LogP contribution in [0.25, 0.3) is 6.08 Å². The molecular weight excluding hydrogens is 298 g/mol. The molecule has 0 atom stereocenters. The van der Waals surface area contributed by atoms with Crippen LogP contribution >= 0.6 is 11.6 Å². The molecule has 0 fully saturated rings. The van der Waals surface area contributed by atoms with Gasteiger partial charge in [0, 0.05) is 22.3 Å². The van der Waals surface area contributed by atoms with E-state index in [0.717, 1.165) is 16.9 Å². The number of hydrogen-bond donors (Lipinski definition) is 1. The molecule has 1 heterocycles. The maximum absolute atomic E-state index is 11.9. The number of carbonyl (C=O) groups is 1. The molecule has 0 saturated heterocycles. The van der Waals surface area contributed by atoms with Crippen molar-refractivity contribution in [3.8, 4) is 5.75 Å². The Hall–Kier alpha value is -2.52. The molecular formula is C18H14ClNO2. The molecule has 110 valence electrons. The maximum atomic E-state index is 11.9. The summed E-state index contributed by atoms with van der Waals surface area (Å²) >= 11 is 5.80. The Bertz CT molecular complexity index is 748. The van der Waals surface area contributed by atoms with Crippen molar-refractivity contribution in [1.82, 2.24) is 0 Å². The lowest BCUT2D eigenvalue weighted by molar-refractivity contribution is -0.111. The zero-order chi connectivity index (χ0) is 15.4. The third kappa shape index (κ3) is 3.57. The predicted octanol–water partition coefficient (Wildman–Crippen LogP) is 4.31.